The zero-order chi connectivity index (χ0) is 16.0. The molecule has 120 valence electrons. The van der Waals surface area contributed by atoms with Crippen LogP contribution >= 0.6 is 0 Å². The highest BCUT2D eigenvalue weighted by Gasteiger charge is 2.19. The standard InChI is InChI=1S/C15H27N3O2S/c1-6-7-16-14-10-12(2)15(13(3)11-14)21(19,20)17-8-9-18(4)5/h10-11,16-17H,6-9H2,1-5H3. The Labute approximate surface area is 128 Å². The molecule has 5 nitrogen and oxygen atoms in total. The van der Waals surface area contributed by atoms with Crippen LogP contribution in [0.15, 0.2) is 17.0 Å². The van der Waals surface area contributed by atoms with Gasteiger partial charge in [-0.25, -0.2) is 13.1 Å². The SMILES string of the molecule is CCCNc1cc(C)c(S(=O)(=O)NCCN(C)C)c(C)c1. The zero-order valence-corrected chi connectivity index (χ0v) is 14.5. The van der Waals surface area contributed by atoms with E-state index in [0.717, 1.165) is 29.8 Å². The number of nitrogens with one attached hydrogen (secondary N) is 2. The van der Waals surface area contributed by atoms with Crippen LogP contribution in [0.1, 0.15) is 24.5 Å². The van der Waals surface area contributed by atoms with E-state index in [0.29, 0.717) is 18.0 Å². The number of sulfonamides is 1. The van der Waals surface area contributed by atoms with Gasteiger partial charge in [0.05, 0.1) is 4.90 Å². The number of hydrogen-bond donors (Lipinski definition) is 2. The summed E-state index contributed by atoms with van der Waals surface area (Å²) in [5.74, 6) is 0. The van der Waals surface area contributed by atoms with Gasteiger partial charge in [0.25, 0.3) is 0 Å². The van der Waals surface area contributed by atoms with Gasteiger partial charge in [0, 0.05) is 25.3 Å². The molecule has 6 heteroatoms. The maximum Gasteiger partial charge on any atom is 0.241 e. The average molecular weight is 313 g/mol. The number of nitrogens with zero attached hydrogens (tertiary/aromatic N) is 1. The molecule has 0 atom stereocenters. The number of hydrogen-bond acceptors (Lipinski definition) is 4. The van der Waals surface area contributed by atoms with Gasteiger partial charge in [-0.2, -0.15) is 0 Å². The second-order valence-electron chi connectivity index (χ2n) is 5.57. The van der Waals surface area contributed by atoms with Gasteiger partial charge in [-0.05, 0) is 57.6 Å². The van der Waals surface area contributed by atoms with Crippen molar-refractivity contribution in [2.24, 2.45) is 0 Å². The molecule has 2 N–H and O–H groups in total. The molecule has 0 aromatic heterocycles. The molecule has 0 fully saturated rings. The summed E-state index contributed by atoms with van der Waals surface area (Å²) in [7, 11) is 0.372. The predicted molar refractivity (Wildman–Crippen MR) is 88.4 cm³/mol. The number of benzene rings is 1. The van der Waals surface area contributed by atoms with Crippen LogP contribution in [0.5, 0.6) is 0 Å². The number of likely N-dealkylation sites (N-methyl/N-ethyl adjacent to an activating group) is 1. The fraction of sp³-hybridized carbons (Fsp3) is 0.600. The monoisotopic (exact) mass is 313 g/mol. The Bertz CT molecular complexity index is 545. The maximum absolute atomic E-state index is 12.4. The van der Waals surface area contributed by atoms with Crippen molar-refractivity contribution in [1.29, 1.82) is 0 Å². The lowest BCUT2D eigenvalue weighted by atomic mass is 10.1. The normalized spacial score (nSPS) is 11.9. The van der Waals surface area contributed by atoms with Crippen LogP contribution in [0, 0.1) is 13.8 Å². The van der Waals surface area contributed by atoms with Gasteiger partial charge in [0.2, 0.25) is 10.0 Å². The largest absolute Gasteiger partial charge is 0.385 e. The first-order chi connectivity index (χ1) is 9.77. The highest BCUT2D eigenvalue weighted by Crippen LogP contribution is 2.24. The highest BCUT2D eigenvalue weighted by molar-refractivity contribution is 7.89. The molecule has 0 aliphatic rings. The first kappa shape index (κ1) is 17.9. The Hall–Kier alpha value is -1.11. The van der Waals surface area contributed by atoms with E-state index in [2.05, 4.69) is 17.0 Å². The van der Waals surface area contributed by atoms with E-state index in [1.54, 1.807) is 0 Å². The van der Waals surface area contributed by atoms with Crippen molar-refractivity contribution in [3.8, 4) is 0 Å². The molecule has 0 aliphatic carbocycles. The maximum atomic E-state index is 12.4. The first-order valence-electron chi connectivity index (χ1n) is 7.27. The van der Waals surface area contributed by atoms with E-state index in [1.165, 1.54) is 0 Å². The Balaban J connectivity index is 2.96. The lowest BCUT2D eigenvalue weighted by molar-refractivity contribution is 0.412. The zero-order valence-electron chi connectivity index (χ0n) is 13.7. The summed E-state index contributed by atoms with van der Waals surface area (Å²) in [4.78, 5) is 2.34. The van der Waals surface area contributed by atoms with Gasteiger partial charge in [-0.3, -0.25) is 0 Å². The molecule has 0 amide bonds. The van der Waals surface area contributed by atoms with Crippen LogP contribution in [-0.2, 0) is 10.0 Å². The molecule has 0 saturated carbocycles. The Kier molecular flexibility index (Phi) is 6.64. The van der Waals surface area contributed by atoms with Crippen molar-refractivity contribution >= 4 is 15.7 Å². The second-order valence-corrected chi connectivity index (χ2v) is 7.27. The van der Waals surface area contributed by atoms with Crippen molar-refractivity contribution in [3.05, 3.63) is 23.3 Å². The van der Waals surface area contributed by atoms with Crippen molar-refractivity contribution in [2.75, 3.05) is 39.0 Å². The van der Waals surface area contributed by atoms with Gasteiger partial charge in [0.15, 0.2) is 0 Å². The Morgan fingerprint density at radius 1 is 1.10 bits per heavy atom. The van der Waals surface area contributed by atoms with Crippen LogP contribution in [0.3, 0.4) is 0 Å². The summed E-state index contributed by atoms with van der Waals surface area (Å²) in [6.45, 7) is 7.74. The molecule has 1 aromatic carbocycles. The molecule has 1 aromatic rings. The van der Waals surface area contributed by atoms with Crippen LogP contribution in [0.2, 0.25) is 0 Å². The summed E-state index contributed by atoms with van der Waals surface area (Å²) in [5.41, 5.74) is 2.51. The van der Waals surface area contributed by atoms with E-state index in [1.807, 2.05) is 45.0 Å². The summed E-state index contributed by atoms with van der Waals surface area (Å²) in [5, 5.41) is 3.29. The van der Waals surface area contributed by atoms with Crippen molar-refractivity contribution in [3.63, 3.8) is 0 Å². The molecule has 0 heterocycles. The van der Waals surface area contributed by atoms with Gasteiger partial charge in [0.1, 0.15) is 0 Å². The van der Waals surface area contributed by atoms with Gasteiger partial charge in [-0.1, -0.05) is 6.92 Å². The fourth-order valence-electron chi connectivity index (χ4n) is 2.22. The first-order valence-corrected chi connectivity index (χ1v) is 8.75. The molecular formula is C15H27N3O2S. The molecule has 0 saturated heterocycles. The Morgan fingerprint density at radius 3 is 2.14 bits per heavy atom. The van der Waals surface area contributed by atoms with E-state index in [-0.39, 0.29) is 0 Å². The molecular weight excluding hydrogens is 286 g/mol. The smallest absolute Gasteiger partial charge is 0.241 e. The number of aryl methyl sites for hydroxylation is 2. The lowest BCUT2D eigenvalue weighted by Crippen LogP contribution is -2.32. The summed E-state index contributed by atoms with van der Waals surface area (Å²) in [6, 6.07) is 3.78. The van der Waals surface area contributed by atoms with Crippen molar-refractivity contribution in [1.82, 2.24) is 9.62 Å². The summed E-state index contributed by atoms with van der Waals surface area (Å²) < 4.78 is 27.5. The minimum Gasteiger partial charge on any atom is -0.385 e. The second kappa shape index (κ2) is 7.77. The van der Waals surface area contributed by atoms with Gasteiger partial charge in [-0.15, -0.1) is 0 Å². The third-order valence-electron chi connectivity index (χ3n) is 3.16. The van der Waals surface area contributed by atoms with E-state index >= 15 is 0 Å². The number of rotatable bonds is 8. The molecule has 0 bridgehead atoms. The quantitative estimate of drug-likeness (QED) is 0.770. The highest BCUT2D eigenvalue weighted by atomic mass is 32.2. The van der Waals surface area contributed by atoms with Crippen LogP contribution < -0.4 is 10.0 Å². The minimum atomic E-state index is -3.46. The van der Waals surface area contributed by atoms with Crippen molar-refractivity contribution in [2.45, 2.75) is 32.1 Å². The fourth-order valence-corrected chi connectivity index (χ4v) is 3.69. The van der Waals surface area contributed by atoms with E-state index in [4.69, 9.17) is 0 Å². The van der Waals surface area contributed by atoms with Crippen molar-refractivity contribution < 1.29 is 8.42 Å². The average Bonchev–Trinajstić information content (AvgIpc) is 2.34. The predicted octanol–water partition coefficient (Wildman–Crippen LogP) is 1.97. The molecule has 0 aliphatic heterocycles. The molecule has 0 unspecified atom stereocenters. The molecule has 21 heavy (non-hydrogen) atoms. The molecule has 0 radical (unpaired) electrons. The Morgan fingerprint density at radius 2 is 1.67 bits per heavy atom. The topological polar surface area (TPSA) is 61.4 Å². The van der Waals surface area contributed by atoms with Crippen LogP contribution in [-0.4, -0.2) is 47.0 Å². The number of anilines is 1. The van der Waals surface area contributed by atoms with Crippen LogP contribution in [0.25, 0.3) is 0 Å². The summed E-state index contributed by atoms with van der Waals surface area (Å²) >= 11 is 0. The third-order valence-corrected chi connectivity index (χ3v) is 4.92. The summed E-state index contributed by atoms with van der Waals surface area (Å²) in [6.07, 6.45) is 1.03. The molecule has 1 rings (SSSR count). The van der Waals surface area contributed by atoms with Crippen LogP contribution in [0.4, 0.5) is 5.69 Å². The minimum absolute atomic E-state index is 0.392. The van der Waals surface area contributed by atoms with E-state index < -0.39 is 10.0 Å². The third kappa shape index (κ3) is 5.30. The molecule has 0 spiro atoms. The van der Waals surface area contributed by atoms with Gasteiger partial charge < -0.3 is 10.2 Å². The lowest BCUT2D eigenvalue weighted by Gasteiger charge is -2.16. The van der Waals surface area contributed by atoms with Gasteiger partial charge >= 0.3 is 0 Å². The van der Waals surface area contributed by atoms with E-state index in [9.17, 15) is 8.42 Å².